The number of benzene rings is 3. The molecule has 0 aliphatic carbocycles. The van der Waals surface area contributed by atoms with E-state index in [4.69, 9.17) is 19.3 Å². The lowest BCUT2D eigenvalue weighted by Crippen LogP contribution is -2.36. The summed E-state index contributed by atoms with van der Waals surface area (Å²) in [5, 5.41) is 8.80. The molecule has 0 spiro atoms. The van der Waals surface area contributed by atoms with Crippen LogP contribution in [-0.2, 0) is 20.7 Å². The summed E-state index contributed by atoms with van der Waals surface area (Å²) in [6, 6.07) is 18.4. The van der Waals surface area contributed by atoms with Gasteiger partial charge in [0.25, 0.3) is 0 Å². The van der Waals surface area contributed by atoms with Crippen molar-refractivity contribution in [3.63, 3.8) is 0 Å². The van der Waals surface area contributed by atoms with Crippen molar-refractivity contribution in [2.24, 2.45) is 0 Å². The summed E-state index contributed by atoms with van der Waals surface area (Å²) in [6.07, 6.45) is 1.65. The molecule has 0 bridgehead atoms. The van der Waals surface area contributed by atoms with Gasteiger partial charge in [0.15, 0.2) is 11.5 Å². The van der Waals surface area contributed by atoms with E-state index in [1.165, 1.54) is 0 Å². The van der Waals surface area contributed by atoms with Gasteiger partial charge in [0, 0.05) is 35.3 Å². The van der Waals surface area contributed by atoms with Crippen molar-refractivity contribution in [1.82, 2.24) is 4.90 Å². The van der Waals surface area contributed by atoms with Crippen LogP contribution in [0.2, 0.25) is 0 Å². The van der Waals surface area contributed by atoms with E-state index in [2.05, 4.69) is 40.4 Å². The first-order valence-corrected chi connectivity index (χ1v) is 14.9. The average Bonchev–Trinajstić information content (AvgIpc) is 2.98. The van der Waals surface area contributed by atoms with E-state index in [1.54, 1.807) is 24.5 Å². The molecule has 0 saturated carbocycles. The van der Waals surface area contributed by atoms with Crippen LogP contribution in [0.15, 0.2) is 65.6 Å². The van der Waals surface area contributed by atoms with Crippen LogP contribution in [0.1, 0.15) is 27.8 Å². The van der Waals surface area contributed by atoms with E-state index >= 15 is 0 Å². The second kappa shape index (κ2) is 15.6. The third-order valence-electron chi connectivity index (χ3n) is 6.15. The molecule has 1 aliphatic heterocycles. The Kier molecular flexibility index (Phi) is 11.4. The quantitative estimate of drug-likeness (QED) is 0.336. The zero-order chi connectivity index (χ0) is 29.7. The van der Waals surface area contributed by atoms with Crippen molar-refractivity contribution in [3.8, 4) is 47.0 Å². The topological polar surface area (TPSA) is 91.3 Å². The zero-order valence-corrected chi connectivity index (χ0v) is 24.4. The first-order valence-electron chi connectivity index (χ1n) is 13.3. The van der Waals surface area contributed by atoms with Crippen molar-refractivity contribution in [3.05, 3.63) is 88.5 Å². The second-order valence-electron chi connectivity index (χ2n) is 9.42. The van der Waals surface area contributed by atoms with Crippen LogP contribution in [0.4, 0.5) is 0 Å². The monoisotopic (exact) mass is 581 g/mol. The molecule has 1 atom stereocenters. The van der Waals surface area contributed by atoms with Gasteiger partial charge in [0.2, 0.25) is 0 Å². The Morgan fingerprint density at radius 3 is 2.19 bits per heavy atom. The molecule has 3 aromatic carbocycles. The van der Waals surface area contributed by atoms with Crippen molar-refractivity contribution in [2.75, 3.05) is 52.3 Å². The number of morpholine rings is 1. The number of nitrogens with zero attached hydrogens (tertiary/aromatic N) is 1. The lowest BCUT2D eigenvalue weighted by Gasteiger charge is -2.24. The number of rotatable bonds is 7. The highest BCUT2D eigenvalue weighted by Crippen LogP contribution is 2.23. The molecule has 214 valence electrons. The minimum Gasteiger partial charge on any atom is -0.612 e. The largest absolute Gasteiger partial charge is 0.612 e. The molecule has 1 saturated heterocycles. The molecule has 1 unspecified atom stereocenters. The van der Waals surface area contributed by atoms with E-state index in [9.17, 15) is 9.35 Å². The van der Waals surface area contributed by atoms with Gasteiger partial charge in [-0.2, -0.15) is 0 Å². The number of carboxylic acid groups (broad SMARTS) is 1. The molecule has 4 rings (SSSR count). The highest BCUT2D eigenvalue weighted by Gasteiger charge is 2.08. The normalized spacial score (nSPS) is 13.3. The Balaban J connectivity index is 1.48. The van der Waals surface area contributed by atoms with Gasteiger partial charge in [-0.3, -0.25) is 4.90 Å². The van der Waals surface area contributed by atoms with Crippen LogP contribution >= 0.6 is 0 Å². The van der Waals surface area contributed by atoms with Crippen LogP contribution < -0.4 is 9.47 Å². The molecular weight excluding hydrogens is 550 g/mol. The molecule has 3 aromatic rings. The minimum absolute atomic E-state index is 0.161. The summed E-state index contributed by atoms with van der Waals surface area (Å²) in [4.78, 5) is 13.8. The molecular formula is C34H31NO6S. The molecule has 0 amide bonds. The Hall–Kier alpha value is -4.36. The number of carbonyl (C=O) groups is 1. The Morgan fingerprint density at radius 2 is 1.55 bits per heavy atom. The van der Waals surface area contributed by atoms with Gasteiger partial charge in [-0.15, -0.1) is 0 Å². The molecule has 0 radical (unpaired) electrons. The molecule has 1 fully saturated rings. The van der Waals surface area contributed by atoms with Crippen LogP contribution in [0.3, 0.4) is 0 Å². The molecule has 42 heavy (non-hydrogen) atoms. The third-order valence-corrected chi connectivity index (χ3v) is 7.09. The first-order chi connectivity index (χ1) is 20.4. The van der Waals surface area contributed by atoms with Gasteiger partial charge < -0.3 is 23.9 Å². The maximum Gasteiger partial charge on any atom is 0.341 e. The highest BCUT2D eigenvalue weighted by atomic mass is 32.2. The molecule has 8 heteroatoms. The van der Waals surface area contributed by atoms with E-state index in [1.807, 2.05) is 49.4 Å². The SMILES string of the molecule is Cc1cc(OCC#Cc2cc(C#CCN3CCOCC3)cc(C#Cc3ccc([S+](C)[O-])cc3)c2)ccc1OCC(=O)O. The number of aryl methyl sites for hydroxylation is 1. The van der Waals surface area contributed by atoms with E-state index in [0.29, 0.717) is 18.0 Å². The van der Waals surface area contributed by atoms with E-state index in [-0.39, 0.29) is 6.61 Å². The van der Waals surface area contributed by atoms with Crippen molar-refractivity contribution < 1.29 is 28.7 Å². The number of hydrogen-bond donors (Lipinski definition) is 1. The van der Waals surface area contributed by atoms with Crippen LogP contribution in [0.25, 0.3) is 0 Å². The summed E-state index contributed by atoms with van der Waals surface area (Å²) in [5.74, 6) is 19.2. The third kappa shape index (κ3) is 9.93. The number of hydrogen-bond acceptors (Lipinski definition) is 6. The van der Waals surface area contributed by atoms with Crippen molar-refractivity contribution in [2.45, 2.75) is 11.8 Å². The first kappa shape index (κ1) is 30.6. The standard InChI is InChI=1S/C34H31NO6S/c1-26-21-31(11-14-33(26)41-25-34(36)37)40-18-4-6-29-22-28(5-3-15-35-16-19-39-20-17-35)23-30(24-29)8-7-27-9-12-32(13-10-27)42(2)38/h9-14,21-24H,15-20,25H2,1-2H3,(H,36,37). The molecule has 1 aliphatic rings. The summed E-state index contributed by atoms with van der Waals surface area (Å²) in [6.45, 7) is 5.45. The molecule has 1 N–H and O–H groups in total. The number of carboxylic acids is 1. The van der Waals surface area contributed by atoms with Gasteiger partial charge in [-0.1, -0.05) is 35.5 Å². The zero-order valence-electron chi connectivity index (χ0n) is 23.6. The molecule has 0 aromatic heterocycles. The van der Waals surface area contributed by atoms with Gasteiger partial charge >= 0.3 is 5.97 Å². The lowest BCUT2D eigenvalue weighted by atomic mass is 10.1. The predicted molar refractivity (Wildman–Crippen MR) is 162 cm³/mol. The highest BCUT2D eigenvalue weighted by molar-refractivity contribution is 7.90. The Labute approximate surface area is 250 Å². The van der Waals surface area contributed by atoms with Crippen molar-refractivity contribution in [1.29, 1.82) is 0 Å². The van der Waals surface area contributed by atoms with E-state index < -0.39 is 23.8 Å². The average molecular weight is 582 g/mol. The fraction of sp³-hybridized carbons (Fsp3) is 0.265. The second-order valence-corrected chi connectivity index (χ2v) is 10.8. The van der Waals surface area contributed by atoms with Gasteiger partial charge in [0.05, 0.1) is 19.8 Å². The van der Waals surface area contributed by atoms with Crippen LogP contribution in [0.5, 0.6) is 11.5 Å². The van der Waals surface area contributed by atoms with Gasteiger partial charge in [0.1, 0.15) is 24.4 Å². The lowest BCUT2D eigenvalue weighted by molar-refractivity contribution is -0.139. The fourth-order valence-corrected chi connectivity index (χ4v) is 4.52. The summed E-state index contributed by atoms with van der Waals surface area (Å²) < 4.78 is 28.1. The smallest absolute Gasteiger partial charge is 0.341 e. The van der Waals surface area contributed by atoms with Crippen LogP contribution in [0, 0.1) is 42.4 Å². The van der Waals surface area contributed by atoms with Crippen molar-refractivity contribution >= 4 is 17.1 Å². The number of ether oxygens (including phenoxy) is 3. The summed E-state index contributed by atoms with van der Waals surface area (Å²) >= 11 is -1.03. The van der Waals surface area contributed by atoms with Crippen LogP contribution in [-0.4, -0.2) is 72.8 Å². The summed E-state index contributed by atoms with van der Waals surface area (Å²) in [5.41, 5.74) is 3.97. The Bertz CT molecular complexity index is 1580. The Morgan fingerprint density at radius 1 is 0.905 bits per heavy atom. The summed E-state index contributed by atoms with van der Waals surface area (Å²) in [7, 11) is 0. The van der Waals surface area contributed by atoms with Gasteiger partial charge in [-0.05, 0) is 84.3 Å². The van der Waals surface area contributed by atoms with Gasteiger partial charge in [-0.25, -0.2) is 4.79 Å². The predicted octanol–water partition coefficient (Wildman–Crippen LogP) is 3.71. The maximum absolute atomic E-state index is 11.7. The minimum atomic E-state index is -1.03. The maximum atomic E-state index is 11.7. The van der Waals surface area contributed by atoms with E-state index in [0.717, 1.165) is 59.0 Å². The molecule has 7 nitrogen and oxygen atoms in total. The fourth-order valence-electron chi connectivity index (χ4n) is 4.00. The number of aliphatic carboxylic acids is 1. The molecule has 1 heterocycles.